The number of amides is 2. The zero-order valence-corrected chi connectivity index (χ0v) is 19.9. The van der Waals surface area contributed by atoms with Gasteiger partial charge in [-0.15, -0.1) is 11.3 Å². The summed E-state index contributed by atoms with van der Waals surface area (Å²) in [5.41, 5.74) is 2.90. The van der Waals surface area contributed by atoms with Gasteiger partial charge in [0.2, 0.25) is 23.7 Å². The predicted molar refractivity (Wildman–Crippen MR) is 131 cm³/mol. The lowest BCUT2D eigenvalue weighted by molar-refractivity contribution is -0.122. The Balaban J connectivity index is 1.20. The second-order valence-electron chi connectivity index (χ2n) is 8.54. The lowest BCUT2D eigenvalue weighted by Gasteiger charge is -2.16. The standard InChI is InChI=1S/C25H20FN5O4S/c1-14-8-22(28-24(33)16-10-23(32)30(11-16)18-5-3-17(26)4-6-18)31(29-14)25-27-19(12-36-25)15-2-7-20-21(9-15)35-13-34-20/h2-9,12,16H,10-11,13H2,1H3,(H,28,33). The maximum Gasteiger partial charge on any atom is 0.231 e. The summed E-state index contributed by atoms with van der Waals surface area (Å²) in [6, 6.07) is 13.0. The minimum Gasteiger partial charge on any atom is -0.454 e. The third-order valence-electron chi connectivity index (χ3n) is 6.06. The highest BCUT2D eigenvalue weighted by Gasteiger charge is 2.35. The molecule has 9 nitrogen and oxygen atoms in total. The minimum atomic E-state index is -0.549. The number of aryl methyl sites for hydroxylation is 1. The molecule has 0 radical (unpaired) electrons. The fourth-order valence-electron chi connectivity index (χ4n) is 4.27. The number of aromatic nitrogens is 3. The first-order valence-corrected chi connectivity index (χ1v) is 12.1. The number of nitrogens with zero attached hydrogens (tertiary/aromatic N) is 4. The van der Waals surface area contributed by atoms with E-state index in [2.05, 4.69) is 10.4 Å². The van der Waals surface area contributed by atoms with Crippen molar-refractivity contribution in [2.24, 2.45) is 5.92 Å². The van der Waals surface area contributed by atoms with Crippen molar-refractivity contribution in [1.29, 1.82) is 0 Å². The molecule has 4 aromatic rings. The van der Waals surface area contributed by atoms with Crippen LogP contribution in [0.5, 0.6) is 11.5 Å². The van der Waals surface area contributed by atoms with Crippen LogP contribution in [0.2, 0.25) is 0 Å². The van der Waals surface area contributed by atoms with Crippen molar-refractivity contribution in [2.45, 2.75) is 13.3 Å². The smallest absolute Gasteiger partial charge is 0.231 e. The van der Waals surface area contributed by atoms with Gasteiger partial charge >= 0.3 is 0 Å². The number of hydrogen-bond donors (Lipinski definition) is 1. The van der Waals surface area contributed by atoms with Crippen LogP contribution in [0.15, 0.2) is 53.9 Å². The van der Waals surface area contributed by atoms with Crippen LogP contribution in [-0.4, -0.2) is 39.9 Å². The molecule has 4 heterocycles. The molecular formula is C25H20FN5O4S. The number of benzene rings is 2. The number of carbonyl (C=O) groups excluding carboxylic acids is 2. The van der Waals surface area contributed by atoms with Gasteiger partial charge in [0.05, 0.1) is 17.3 Å². The molecule has 1 fully saturated rings. The third kappa shape index (κ3) is 4.07. The van der Waals surface area contributed by atoms with Gasteiger partial charge in [-0.05, 0) is 49.4 Å². The summed E-state index contributed by atoms with van der Waals surface area (Å²) < 4.78 is 25.7. The maximum atomic E-state index is 13.3. The molecule has 1 unspecified atom stereocenters. The fourth-order valence-corrected chi connectivity index (χ4v) is 5.06. The molecule has 1 N–H and O–H groups in total. The molecule has 1 saturated heterocycles. The van der Waals surface area contributed by atoms with Gasteiger partial charge in [0.25, 0.3) is 0 Å². The average Bonchev–Trinajstić information content (AvgIpc) is 3.65. The van der Waals surface area contributed by atoms with Gasteiger partial charge in [-0.2, -0.15) is 9.78 Å². The van der Waals surface area contributed by atoms with Crippen LogP contribution in [0.1, 0.15) is 12.1 Å². The van der Waals surface area contributed by atoms with Crippen molar-refractivity contribution in [1.82, 2.24) is 14.8 Å². The normalized spacial score (nSPS) is 16.6. The van der Waals surface area contributed by atoms with Crippen molar-refractivity contribution in [2.75, 3.05) is 23.6 Å². The molecule has 0 bridgehead atoms. The Morgan fingerprint density at radius 3 is 2.78 bits per heavy atom. The minimum absolute atomic E-state index is 0.0713. The van der Waals surface area contributed by atoms with Gasteiger partial charge in [0.1, 0.15) is 11.6 Å². The number of rotatable bonds is 5. The zero-order chi connectivity index (χ0) is 24.8. The molecule has 6 rings (SSSR count). The van der Waals surface area contributed by atoms with E-state index in [1.54, 1.807) is 10.7 Å². The number of nitrogens with one attached hydrogen (secondary N) is 1. The molecule has 36 heavy (non-hydrogen) atoms. The van der Waals surface area contributed by atoms with Crippen LogP contribution in [0.4, 0.5) is 15.9 Å². The quantitative estimate of drug-likeness (QED) is 0.437. The highest BCUT2D eigenvalue weighted by atomic mass is 32.1. The van der Waals surface area contributed by atoms with E-state index < -0.39 is 5.92 Å². The summed E-state index contributed by atoms with van der Waals surface area (Å²) in [4.78, 5) is 31.8. The number of carbonyl (C=O) groups is 2. The molecule has 0 aliphatic carbocycles. The average molecular weight is 506 g/mol. The highest BCUT2D eigenvalue weighted by Crippen LogP contribution is 2.36. The zero-order valence-electron chi connectivity index (χ0n) is 19.1. The molecule has 0 spiro atoms. The number of halogens is 1. The molecule has 0 saturated carbocycles. The lowest BCUT2D eigenvalue weighted by atomic mass is 10.1. The highest BCUT2D eigenvalue weighted by molar-refractivity contribution is 7.12. The Hall–Kier alpha value is -4.25. The van der Waals surface area contributed by atoms with Crippen LogP contribution >= 0.6 is 11.3 Å². The van der Waals surface area contributed by atoms with Crippen LogP contribution in [0, 0.1) is 18.7 Å². The van der Waals surface area contributed by atoms with Crippen molar-refractivity contribution in [3.63, 3.8) is 0 Å². The summed E-state index contributed by atoms with van der Waals surface area (Å²) >= 11 is 1.39. The second kappa shape index (κ2) is 8.76. The van der Waals surface area contributed by atoms with E-state index in [4.69, 9.17) is 14.5 Å². The Morgan fingerprint density at radius 2 is 1.94 bits per heavy atom. The van der Waals surface area contributed by atoms with E-state index in [9.17, 15) is 14.0 Å². The third-order valence-corrected chi connectivity index (χ3v) is 6.87. The maximum absolute atomic E-state index is 13.3. The first-order valence-electron chi connectivity index (χ1n) is 11.2. The number of thiazole rings is 1. The second-order valence-corrected chi connectivity index (χ2v) is 9.37. The van der Waals surface area contributed by atoms with E-state index in [0.717, 1.165) is 11.3 Å². The number of fused-ring (bicyclic) bond motifs is 1. The molecule has 2 aliphatic rings. The largest absolute Gasteiger partial charge is 0.454 e. The number of anilines is 2. The molecule has 2 amide bonds. The SMILES string of the molecule is Cc1cc(NC(=O)C2CC(=O)N(c3ccc(F)cc3)C2)n(-c2nc(-c3ccc4c(c3)OCO4)cs2)n1. The van der Waals surface area contributed by atoms with Crippen LogP contribution in [0.3, 0.4) is 0 Å². The van der Waals surface area contributed by atoms with E-state index >= 15 is 0 Å². The molecule has 182 valence electrons. The van der Waals surface area contributed by atoms with Gasteiger partial charge in [-0.25, -0.2) is 9.37 Å². The summed E-state index contributed by atoms with van der Waals surface area (Å²) in [7, 11) is 0. The van der Waals surface area contributed by atoms with E-state index in [1.165, 1.54) is 40.5 Å². The van der Waals surface area contributed by atoms with Crippen molar-refractivity contribution >= 4 is 34.7 Å². The van der Waals surface area contributed by atoms with E-state index in [1.807, 2.05) is 30.5 Å². The topological polar surface area (TPSA) is 98.6 Å². The van der Waals surface area contributed by atoms with Crippen LogP contribution in [-0.2, 0) is 9.59 Å². The first-order chi connectivity index (χ1) is 17.4. The molecule has 2 aromatic heterocycles. The Labute approximate surface area is 209 Å². The van der Waals surface area contributed by atoms with Gasteiger partial charge in [0, 0.05) is 35.7 Å². The molecular weight excluding hydrogens is 485 g/mol. The van der Waals surface area contributed by atoms with Gasteiger partial charge in [-0.3, -0.25) is 9.59 Å². The fraction of sp³-hybridized carbons (Fsp3) is 0.200. The lowest BCUT2D eigenvalue weighted by Crippen LogP contribution is -2.28. The van der Waals surface area contributed by atoms with Crippen molar-refractivity contribution in [3.8, 4) is 27.9 Å². The van der Waals surface area contributed by atoms with Gasteiger partial charge in [-0.1, -0.05) is 0 Å². The molecule has 2 aromatic carbocycles. The molecule has 1 atom stereocenters. The molecule has 2 aliphatic heterocycles. The van der Waals surface area contributed by atoms with Gasteiger partial charge in [0.15, 0.2) is 11.5 Å². The van der Waals surface area contributed by atoms with Crippen LogP contribution < -0.4 is 19.7 Å². The number of ether oxygens (including phenoxy) is 2. The summed E-state index contributed by atoms with van der Waals surface area (Å²) in [5.74, 6) is 0.438. The van der Waals surface area contributed by atoms with Crippen molar-refractivity contribution in [3.05, 3.63) is 65.4 Å². The predicted octanol–water partition coefficient (Wildman–Crippen LogP) is 4.16. The Morgan fingerprint density at radius 1 is 1.14 bits per heavy atom. The molecule has 11 heteroatoms. The summed E-state index contributed by atoms with van der Waals surface area (Å²) in [6.45, 7) is 2.24. The summed E-state index contributed by atoms with van der Waals surface area (Å²) in [5, 5.41) is 9.91. The van der Waals surface area contributed by atoms with Crippen molar-refractivity contribution < 1.29 is 23.5 Å². The summed E-state index contributed by atoms with van der Waals surface area (Å²) in [6.07, 6.45) is 0.0713. The van der Waals surface area contributed by atoms with E-state index in [0.29, 0.717) is 33.8 Å². The first kappa shape index (κ1) is 22.2. The Kier molecular flexibility index (Phi) is 5.41. The Bertz CT molecular complexity index is 1480. The van der Waals surface area contributed by atoms with Crippen LogP contribution in [0.25, 0.3) is 16.4 Å². The number of hydrogen-bond acceptors (Lipinski definition) is 7. The van der Waals surface area contributed by atoms with E-state index in [-0.39, 0.29) is 37.4 Å². The van der Waals surface area contributed by atoms with Gasteiger partial charge < -0.3 is 19.7 Å². The monoisotopic (exact) mass is 505 g/mol.